The molecule has 3 aromatic rings. The van der Waals surface area contributed by atoms with E-state index in [1.807, 2.05) is 38.1 Å². The Morgan fingerprint density at radius 3 is 2.61 bits per heavy atom. The highest BCUT2D eigenvalue weighted by Gasteiger charge is 2.16. The summed E-state index contributed by atoms with van der Waals surface area (Å²) in [5.41, 5.74) is 1.07. The summed E-state index contributed by atoms with van der Waals surface area (Å²) in [5, 5.41) is 13.5. The molecule has 0 unspecified atom stereocenters. The van der Waals surface area contributed by atoms with Gasteiger partial charge >= 0.3 is 5.76 Å². The first kappa shape index (κ1) is 19.2. The first-order valence-corrected chi connectivity index (χ1v) is 8.63. The van der Waals surface area contributed by atoms with E-state index in [0.29, 0.717) is 5.52 Å². The van der Waals surface area contributed by atoms with Crippen molar-refractivity contribution < 1.29 is 18.9 Å². The van der Waals surface area contributed by atoms with Gasteiger partial charge in [0.15, 0.2) is 5.58 Å². The fraction of sp³-hybridized carbons (Fsp3) is 0.263. The van der Waals surface area contributed by atoms with Crippen LogP contribution >= 0.6 is 0 Å². The van der Waals surface area contributed by atoms with E-state index in [0.717, 1.165) is 21.9 Å². The van der Waals surface area contributed by atoms with Crippen LogP contribution in [0, 0.1) is 10.1 Å². The number of fused-ring (bicyclic) bond motifs is 1. The zero-order valence-corrected chi connectivity index (χ0v) is 15.4. The molecule has 0 bridgehead atoms. The molecule has 28 heavy (non-hydrogen) atoms. The van der Waals surface area contributed by atoms with Crippen molar-refractivity contribution in [2.45, 2.75) is 33.0 Å². The van der Waals surface area contributed by atoms with Crippen LogP contribution in [0.2, 0.25) is 0 Å². The molecule has 9 heteroatoms. The summed E-state index contributed by atoms with van der Waals surface area (Å²) < 4.78 is 11.7. The van der Waals surface area contributed by atoms with Crippen LogP contribution < -0.4 is 15.8 Å². The van der Waals surface area contributed by atoms with Gasteiger partial charge in [-0.05, 0) is 37.6 Å². The molecule has 0 spiro atoms. The number of carbonyl (C=O) groups is 1. The highest BCUT2D eigenvalue weighted by molar-refractivity contribution is 5.80. The number of benzene rings is 2. The Balaban J connectivity index is 1.65. The lowest BCUT2D eigenvalue weighted by Crippen LogP contribution is -2.30. The summed E-state index contributed by atoms with van der Waals surface area (Å²) >= 11 is 0. The summed E-state index contributed by atoms with van der Waals surface area (Å²) in [6.07, 6.45) is 0.0788. The highest BCUT2D eigenvalue weighted by Crippen LogP contribution is 2.20. The minimum Gasteiger partial charge on any atom is -0.491 e. The second-order valence-electron chi connectivity index (χ2n) is 6.45. The van der Waals surface area contributed by atoms with Crippen molar-refractivity contribution in [1.29, 1.82) is 0 Å². The molecule has 0 radical (unpaired) electrons. The molecule has 146 valence electrons. The van der Waals surface area contributed by atoms with Crippen molar-refractivity contribution in [1.82, 2.24) is 9.88 Å². The van der Waals surface area contributed by atoms with Crippen molar-refractivity contribution in [3.63, 3.8) is 0 Å². The van der Waals surface area contributed by atoms with Crippen LogP contribution in [0.25, 0.3) is 11.1 Å². The van der Waals surface area contributed by atoms with Crippen molar-refractivity contribution in [2.75, 3.05) is 0 Å². The van der Waals surface area contributed by atoms with E-state index in [9.17, 15) is 19.7 Å². The maximum absolute atomic E-state index is 12.2. The number of hydrogen-bond donors (Lipinski definition) is 1. The molecule has 0 fully saturated rings. The Bertz CT molecular complexity index is 1070. The number of nitrogens with zero attached hydrogens (tertiary/aromatic N) is 2. The first-order valence-electron chi connectivity index (χ1n) is 8.63. The number of nitro benzene ring substituents is 1. The molecule has 1 heterocycles. The zero-order valence-electron chi connectivity index (χ0n) is 15.4. The maximum atomic E-state index is 12.2. The highest BCUT2D eigenvalue weighted by atomic mass is 16.6. The number of nitrogens with one attached hydrogen (secondary N) is 1. The molecule has 9 nitrogen and oxygen atoms in total. The molecule has 0 saturated carbocycles. The Hall–Kier alpha value is -3.62. The molecule has 0 saturated heterocycles. The molecule has 2 aromatic carbocycles. The number of carbonyl (C=O) groups excluding carboxylic acids is 1. The van der Waals surface area contributed by atoms with Crippen LogP contribution in [-0.2, 0) is 17.9 Å². The second-order valence-corrected chi connectivity index (χ2v) is 6.45. The Labute approximate surface area is 159 Å². The van der Waals surface area contributed by atoms with Crippen molar-refractivity contribution in [3.05, 3.63) is 68.7 Å². The van der Waals surface area contributed by atoms with Gasteiger partial charge in [0.2, 0.25) is 5.91 Å². The van der Waals surface area contributed by atoms with Crippen LogP contribution in [0.1, 0.15) is 19.4 Å². The average molecular weight is 385 g/mol. The molecule has 1 amide bonds. The van der Waals surface area contributed by atoms with Gasteiger partial charge in [0.25, 0.3) is 5.69 Å². The lowest BCUT2D eigenvalue weighted by molar-refractivity contribution is -0.384. The van der Waals surface area contributed by atoms with Crippen LogP contribution in [0.15, 0.2) is 51.7 Å². The molecule has 0 atom stereocenters. The van der Waals surface area contributed by atoms with Crippen LogP contribution in [0.4, 0.5) is 5.69 Å². The first-order chi connectivity index (χ1) is 13.3. The van der Waals surface area contributed by atoms with Gasteiger partial charge < -0.3 is 14.5 Å². The van der Waals surface area contributed by atoms with Crippen molar-refractivity contribution in [3.8, 4) is 5.75 Å². The average Bonchev–Trinajstić information content (AvgIpc) is 2.95. The number of aromatic nitrogens is 1. The number of amides is 1. The molecule has 0 aliphatic heterocycles. The smallest absolute Gasteiger partial charge is 0.420 e. The molecular weight excluding hydrogens is 366 g/mol. The van der Waals surface area contributed by atoms with E-state index in [-0.39, 0.29) is 36.4 Å². The van der Waals surface area contributed by atoms with Crippen LogP contribution in [0.5, 0.6) is 5.75 Å². The SMILES string of the molecule is CC(C)Oc1ccc(CNC(=O)Cn2c(=O)oc3cc([N+](=O)[O-])ccc32)cc1. The van der Waals surface area contributed by atoms with Gasteiger partial charge in [-0.15, -0.1) is 0 Å². The normalized spacial score (nSPS) is 11.0. The van der Waals surface area contributed by atoms with E-state index >= 15 is 0 Å². The van der Waals surface area contributed by atoms with E-state index in [1.54, 1.807) is 0 Å². The predicted octanol–water partition coefficient (Wildman–Crippen LogP) is 2.61. The summed E-state index contributed by atoms with van der Waals surface area (Å²) in [6, 6.07) is 11.1. The minimum absolute atomic E-state index is 0.0627. The number of ether oxygens (including phenoxy) is 1. The number of non-ortho nitro benzene ring substituents is 1. The molecule has 1 N–H and O–H groups in total. The van der Waals surface area contributed by atoms with E-state index in [1.165, 1.54) is 12.1 Å². The number of oxazole rings is 1. The standard InChI is InChI=1S/C19H19N3O6/c1-12(2)27-15-6-3-13(4-7-15)10-20-18(23)11-21-16-8-5-14(22(25)26)9-17(16)28-19(21)24/h3-9,12H,10-11H2,1-2H3,(H,20,23). The second kappa shape index (κ2) is 7.95. The molecule has 3 rings (SSSR count). The van der Waals surface area contributed by atoms with Gasteiger partial charge in [0.1, 0.15) is 12.3 Å². The monoisotopic (exact) mass is 385 g/mol. The zero-order chi connectivity index (χ0) is 20.3. The third-order valence-electron chi connectivity index (χ3n) is 3.95. The van der Waals surface area contributed by atoms with Crippen molar-refractivity contribution in [2.24, 2.45) is 0 Å². The quantitative estimate of drug-likeness (QED) is 0.493. The molecule has 0 aliphatic carbocycles. The summed E-state index contributed by atoms with van der Waals surface area (Å²) in [4.78, 5) is 34.4. The fourth-order valence-corrected chi connectivity index (χ4v) is 2.68. The number of hydrogen-bond acceptors (Lipinski definition) is 6. The molecular formula is C19H19N3O6. The molecule has 1 aromatic heterocycles. The van der Waals surface area contributed by atoms with E-state index < -0.39 is 10.7 Å². The van der Waals surface area contributed by atoms with E-state index in [2.05, 4.69) is 5.32 Å². The van der Waals surface area contributed by atoms with Gasteiger partial charge in [-0.25, -0.2) is 4.79 Å². The van der Waals surface area contributed by atoms with Gasteiger partial charge in [0, 0.05) is 12.6 Å². The van der Waals surface area contributed by atoms with Crippen LogP contribution in [0.3, 0.4) is 0 Å². The number of rotatable bonds is 7. The Kier molecular flexibility index (Phi) is 5.44. The summed E-state index contributed by atoms with van der Waals surface area (Å²) in [7, 11) is 0. The third-order valence-corrected chi connectivity index (χ3v) is 3.95. The largest absolute Gasteiger partial charge is 0.491 e. The van der Waals surface area contributed by atoms with Gasteiger partial charge in [-0.2, -0.15) is 0 Å². The summed E-state index contributed by atoms with van der Waals surface area (Å²) in [6.45, 7) is 3.91. The lowest BCUT2D eigenvalue weighted by atomic mass is 10.2. The van der Waals surface area contributed by atoms with Gasteiger partial charge in [-0.3, -0.25) is 19.5 Å². The topological polar surface area (TPSA) is 117 Å². The predicted molar refractivity (Wildman–Crippen MR) is 101 cm³/mol. The van der Waals surface area contributed by atoms with Gasteiger partial charge in [-0.1, -0.05) is 12.1 Å². The number of nitro groups is 1. The van der Waals surface area contributed by atoms with Gasteiger partial charge in [0.05, 0.1) is 22.6 Å². The Morgan fingerprint density at radius 1 is 1.25 bits per heavy atom. The van der Waals surface area contributed by atoms with Crippen molar-refractivity contribution >= 4 is 22.7 Å². The lowest BCUT2D eigenvalue weighted by Gasteiger charge is -2.10. The van der Waals surface area contributed by atoms with Crippen LogP contribution in [-0.4, -0.2) is 21.5 Å². The minimum atomic E-state index is -0.749. The molecule has 0 aliphatic rings. The maximum Gasteiger partial charge on any atom is 0.420 e. The summed E-state index contributed by atoms with van der Waals surface area (Å²) in [5.74, 6) is -0.387. The Morgan fingerprint density at radius 2 is 1.96 bits per heavy atom. The third kappa shape index (κ3) is 4.37. The fourth-order valence-electron chi connectivity index (χ4n) is 2.68. The van der Waals surface area contributed by atoms with E-state index in [4.69, 9.17) is 9.15 Å².